The van der Waals surface area contributed by atoms with Gasteiger partial charge in [-0.25, -0.2) is 4.79 Å². The Balaban J connectivity index is 1.87. The van der Waals surface area contributed by atoms with Crippen molar-refractivity contribution in [3.63, 3.8) is 0 Å². The summed E-state index contributed by atoms with van der Waals surface area (Å²) in [5.74, 6) is 0.590. The molecule has 6 heteroatoms. The summed E-state index contributed by atoms with van der Waals surface area (Å²) in [6.07, 6.45) is 2.91. The van der Waals surface area contributed by atoms with Crippen LogP contribution in [0.15, 0.2) is 30.3 Å². The molecule has 1 aromatic carbocycles. The Bertz CT molecular complexity index is 571. The summed E-state index contributed by atoms with van der Waals surface area (Å²) >= 11 is 0. The van der Waals surface area contributed by atoms with Gasteiger partial charge in [-0.15, -0.1) is 0 Å². The van der Waals surface area contributed by atoms with E-state index < -0.39 is 0 Å². The van der Waals surface area contributed by atoms with E-state index in [4.69, 9.17) is 9.47 Å². The molecule has 0 bridgehead atoms. The summed E-state index contributed by atoms with van der Waals surface area (Å²) in [4.78, 5) is 26.5. The molecule has 0 saturated carbocycles. The largest absolute Gasteiger partial charge is 0.496 e. The molecular weight excluding hydrogens is 284 g/mol. The van der Waals surface area contributed by atoms with E-state index in [-0.39, 0.29) is 12.0 Å². The van der Waals surface area contributed by atoms with Crippen LogP contribution in [0.1, 0.15) is 5.56 Å². The number of para-hydroxylation sites is 1. The summed E-state index contributed by atoms with van der Waals surface area (Å²) in [7, 11) is 3.30. The van der Waals surface area contributed by atoms with Crippen LogP contribution in [0.3, 0.4) is 0 Å². The maximum atomic E-state index is 12.1. The number of ether oxygens (including phenoxy) is 2. The van der Waals surface area contributed by atoms with Crippen LogP contribution >= 0.6 is 0 Å². The first-order chi connectivity index (χ1) is 10.6. The molecular formula is C16H20N2O4. The molecule has 1 aliphatic heterocycles. The highest BCUT2D eigenvalue weighted by atomic mass is 16.6. The van der Waals surface area contributed by atoms with E-state index in [9.17, 15) is 9.59 Å². The Morgan fingerprint density at radius 2 is 2.23 bits per heavy atom. The van der Waals surface area contributed by atoms with Crippen molar-refractivity contribution in [1.29, 1.82) is 0 Å². The highest BCUT2D eigenvalue weighted by Crippen LogP contribution is 2.18. The van der Waals surface area contributed by atoms with E-state index >= 15 is 0 Å². The van der Waals surface area contributed by atoms with E-state index in [1.54, 1.807) is 30.0 Å². The van der Waals surface area contributed by atoms with E-state index in [0.717, 1.165) is 5.56 Å². The zero-order valence-corrected chi connectivity index (χ0v) is 12.8. The average Bonchev–Trinajstić information content (AvgIpc) is 2.95. The lowest BCUT2D eigenvalue weighted by molar-refractivity contribution is -0.124. The number of cyclic esters (lactones) is 1. The van der Waals surface area contributed by atoms with Gasteiger partial charge in [0.1, 0.15) is 12.4 Å². The zero-order valence-electron chi connectivity index (χ0n) is 12.8. The number of nitrogens with zero attached hydrogens (tertiary/aromatic N) is 2. The Kier molecular flexibility index (Phi) is 5.41. The summed E-state index contributed by atoms with van der Waals surface area (Å²) in [6.45, 7) is 1.94. The van der Waals surface area contributed by atoms with Crippen molar-refractivity contribution < 1.29 is 19.1 Å². The lowest BCUT2D eigenvalue weighted by Gasteiger charge is -2.19. The molecule has 0 aliphatic carbocycles. The van der Waals surface area contributed by atoms with Gasteiger partial charge in [-0.05, 0) is 12.1 Å². The summed E-state index contributed by atoms with van der Waals surface area (Å²) < 4.78 is 10.1. The number of carbonyl (C=O) groups is 2. The molecule has 2 rings (SSSR count). The van der Waals surface area contributed by atoms with Gasteiger partial charge in [0.15, 0.2) is 0 Å². The van der Waals surface area contributed by atoms with Crippen LogP contribution in [0, 0.1) is 0 Å². The highest BCUT2D eigenvalue weighted by molar-refractivity contribution is 5.92. The van der Waals surface area contributed by atoms with Crippen LogP contribution in [0.2, 0.25) is 0 Å². The van der Waals surface area contributed by atoms with Gasteiger partial charge in [0.25, 0.3) is 0 Å². The molecule has 0 atom stereocenters. The predicted octanol–water partition coefficient (Wildman–Crippen LogP) is 1.62. The Morgan fingerprint density at radius 3 is 2.91 bits per heavy atom. The van der Waals surface area contributed by atoms with Gasteiger partial charge in [-0.3, -0.25) is 4.79 Å². The second kappa shape index (κ2) is 7.49. The third-order valence-electron chi connectivity index (χ3n) is 3.47. The fourth-order valence-electron chi connectivity index (χ4n) is 2.10. The fourth-order valence-corrected chi connectivity index (χ4v) is 2.10. The van der Waals surface area contributed by atoms with Gasteiger partial charge in [0, 0.05) is 31.8 Å². The van der Waals surface area contributed by atoms with Crippen LogP contribution in [-0.4, -0.2) is 62.2 Å². The molecule has 118 valence electrons. The molecule has 22 heavy (non-hydrogen) atoms. The van der Waals surface area contributed by atoms with Gasteiger partial charge < -0.3 is 19.3 Å². The summed E-state index contributed by atoms with van der Waals surface area (Å²) in [5.41, 5.74) is 0.842. The van der Waals surface area contributed by atoms with Gasteiger partial charge in [0.2, 0.25) is 5.91 Å². The van der Waals surface area contributed by atoms with Crippen molar-refractivity contribution in [1.82, 2.24) is 9.80 Å². The number of hydrogen-bond donors (Lipinski definition) is 0. The van der Waals surface area contributed by atoms with Crippen molar-refractivity contribution in [2.45, 2.75) is 0 Å². The number of benzene rings is 1. The van der Waals surface area contributed by atoms with Crippen LogP contribution in [0.25, 0.3) is 6.08 Å². The lowest BCUT2D eigenvalue weighted by Crippen LogP contribution is -2.36. The summed E-state index contributed by atoms with van der Waals surface area (Å²) in [5, 5.41) is 0. The van der Waals surface area contributed by atoms with Crippen LogP contribution < -0.4 is 4.74 Å². The van der Waals surface area contributed by atoms with E-state index in [1.807, 2.05) is 24.3 Å². The van der Waals surface area contributed by atoms with Gasteiger partial charge >= 0.3 is 6.09 Å². The minimum Gasteiger partial charge on any atom is -0.496 e. The Hall–Kier alpha value is -2.50. The molecule has 0 radical (unpaired) electrons. The average molecular weight is 304 g/mol. The molecule has 2 amide bonds. The Labute approximate surface area is 129 Å². The Morgan fingerprint density at radius 1 is 1.45 bits per heavy atom. The number of rotatable bonds is 6. The number of likely N-dealkylation sites (N-methyl/N-ethyl adjacent to an activating group) is 1. The lowest BCUT2D eigenvalue weighted by atomic mass is 10.2. The fraction of sp³-hybridized carbons (Fsp3) is 0.375. The molecule has 0 aromatic heterocycles. The van der Waals surface area contributed by atoms with Crippen molar-refractivity contribution in [3.05, 3.63) is 35.9 Å². The third kappa shape index (κ3) is 4.00. The highest BCUT2D eigenvalue weighted by Gasteiger charge is 2.21. The van der Waals surface area contributed by atoms with Crippen LogP contribution in [0.5, 0.6) is 5.75 Å². The first-order valence-corrected chi connectivity index (χ1v) is 7.09. The molecule has 0 N–H and O–H groups in total. The van der Waals surface area contributed by atoms with Gasteiger partial charge in [0.05, 0.1) is 13.7 Å². The van der Waals surface area contributed by atoms with E-state index in [0.29, 0.717) is 32.0 Å². The van der Waals surface area contributed by atoms with Crippen molar-refractivity contribution >= 4 is 18.1 Å². The molecule has 0 spiro atoms. The quantitative estimate of drug-likeness (QED) is 0.749. The molecule has 6 nitrogen and oxygen atoms in total. The van der Waals surface area contributed by atoms with Crippen molar-refractivity contribution in [3.8, 4) is 5.75 Å². The minimum atomic E-state index is -0.314. The van der Waals surface area contributed by atoms with Crippen LogP contribution in [0.4, 0.5) is 4.79 Å². The van der Waals surface area contributed by atoms with Crippen LogP contribution in [-0.2, 0) is 9.53 Å². The molecule has 1 aromatic rings. The van der Waals surface area contributed by atoms with Gasteiger partial charge in [-0.2, -0.15) is 0 Å². The molecule has 1 saturated heterocycles. The normalized spacial score (nSPS) is 14.3. The third-order valence-corrected chi connectivity index (χ3v) is 3.47. The zero-order chi connectivity index (χ0) is 15.9. The molecule has 1 fully saturated rings. The smallest absolute Gasteiger partial charge is 0.409 e. The first kappa shape index (κ1) is 15.9. The second-order valence-corrected chi connectivity index (χ2v) is 4.94. The number of carbonyl (C=O) groups excluding carboxylic acids is 2. The number of hydrogen-bond acceptors (Lipinski definition) is 4. The first-order valence-electron chi connectivity index (χ1n) is 7.09. The van der Waals surface area contributed by atoms with Gasteiger partial charge in [-0.1, -0.05) is 18.2 Å². The SMILES string of the molecule is COc1ccccc1/C=C/C(=O)N(C)CCN1CCOC1=O. The maximum Gasteiger partial charge on any atom is 0.409 e. The van der Waals surface area contributed by atoms with Crippen molar-refractivity contribution in [2.24, 2.45) is 0 Å². The number of methoxy groups -OCH3 is 1. The molecule has 1 aliphatic rings. The van der Waals surface area contributed by atoms with E-state index in [2.05, 4.69) is 0 Å². The van der Waals surface area contributed by atoms with Crippen molar-refractivity contribution in [2.75, 3.05) is 40.4 Å². The number of amides is 2. The minimum absolute atomic E-state index is 0.126. The van der Waals surface area contributed by atoms with E-state index in [1.165, 1.54) is 6.08 Å². The monoisotopic (exact) mass is 304 g/mol. The second-order valence-electron chi connectivity index (χ2n) is 4.94. The standard InChI is InChI=1S/C16H20N2O4/c1-17(9-10-18-11-12-22-16(18)20)15(19)8-7-13-5-3-4-6-14(13)21-2/h3-8H,9-12H2,1-2H3/b8-7+. The maximum absolute atomic E-state index is 12.1. The topological polar surface area (TPSA) is 59.1 Å². The summed E-state index contributed by atoms with van der Waals surface area (Å²) in [6, 6.07) is 7.48. The predicted molar refractivity (Wildman–Crippen MR) is 82.6 cm³/mol. The molecule has 1 heterocycles. The molecule has 0 unspecified atom stereocenters.